The third-order valence-corrected chi connectivity index (χ3v) is 4.66. The molecule has 3 rings (SSSR count). The van der Waals surface area contributed by atoms with Crippen LogP contribution < -0.4 is 0 Å². The first-order valence-corrected chi connectivity index (χ1v) is 8.00. The summed E-state index contributed by atoms with van der Waals surface area (Å²) in [5.41, 5.74) is 2.97. The fourth-order valence-electron chi connectivity index (χ4n) is 3.47. The number of benzene rings is 1. The van der Waals surface area contributed by atoms with Gasteiger partial charge in [-0.15, -0.1) is 0 Å². The van der Waals surface area contributed by atoms with Gasteiger partial charge in [0.15, 0.2) is 0 Å². The lowest BCUT2D eigenvalue weighted by molar-refractivity contribution is 0.111. The molecule has 0 aliphatic carbocycles. The predicted molar refractivity (Wildman–Crippen MR) is 82.4 cm³/mol. The van der Waals surface area contributed by atoms with Crippen LogP contribution in [0.3, 0.4) is 0 Å². The molecule has 4 heteroatoms. The van der Waals surface area contributed by atoms with Crippen LogP contribution in [-0.2, 0) is 17.6 Å². The predicted octanol–water partition coefficient (Wildman–Crippen LogP) is 2.32. The Morgan fingerprint density at radius 3 is 2.48 bits per heavy atom. The molecule has 0 saturated carbocycles. The Morgan fingerprint density at radius 2 is 1.86 bits per heavy atom. The summed E-state index contributed by atoms with van der Waals surface area (Å²) < 4.78 is 5.11. The summed E-state index contributed by atoms with van der Waals surface area (Å²) >= 11 is 0. The van der Waals surface area contributed by atoms with Crippen LogP contribution in [0.2, 0.25) is 0 Å². The van der Waals surface area contributed by atoms with E-state index in [-0.39, 0.29) is 6.09 Å². The molecule has 1 amide bonds. The first-order valence-electron chi connectivity index (χ1n) is 8.00. The summed E-state index contributed by atoms with van der Waals surface area (Å²) in [7, 11) is 0. The van der Waals surface area contributed by atoms with Crippen LogP contribution in [0, 0.1) is 0 Å². The van der Waals surface area contributed by atoms with Gasteiger partial charge in [0.25, 0.3) is 0 Å². The van der Waals surface area contributed by atoms with Crippen LogP contribution in [0.5, 0.6) is 0 Å². The van der Waals surface area contributed by atoms with Gasteiger partial charge in [-0.3, -0.25) is 4.90 Å². The van der Waals surface area contributed by atoms with Crippen LogP contribution in [0.1, 0.15) is 24.5 Å². The molecule has 4 nitrogen and oxygen atoms in total. The zero-order chi connectivity index (χ0) is 14.7. The molecule has 2 aliphatic heterocycles. The molecule has 2 heterocycles. The number of hydrogen-bond acceptors (Lipinski definition) is 3. The number of rotatable bonds is 2. The van der Waals surface area contributed by atoms with Gasteiger partial charge < -0.3 is 9.64 Å². The molecule has 2 aliphatic rings. The Hall–Kier alpha value is -1.55. The van der Waals surface area contributed by atoms with Crippen LogP contribution in [0.4, 0.5) is 4.79 Å². The molecule has 0 spiro atoms. The van der Waals surface area contributed by atoms with Gasteiger partial charge in [-0.05, 0) is 37.3 Å². The lowest BCUT2D eigenvalue weighted by atomic mass is 10.0. The van der Waals surface area contributed by atoms with E-state index in [1.165, 1.54) is 11.1 Å². The lowest BCUT2D eigenvalue weighted by Crippen LogP contribution is -2.40. The van der Waals surface area contributed by atoms with Gasteiger partial charge in [-0.25, -0.2) is 4.79 Å². The minimum atomic E-state index is -0.155. The number of carbonyl (C=O) groups excluding carboxylic acids is 1. The van der Waals surface area contributed by atoms with Crippen LogP contribution >= 0.6 is 0 Å². The number of hydrogen-bond donors (Lipinski definition) is 0. The molecule has 1 aromatic rings. The quantitative estimate of drug-likeness (QED) is 0.837. The van der Waals surface area contributed by atoms with E-state index in [1.807, 2.05) is 11.8 Å². The Labute approximate surface area is 126 Å². The number of fused-ring (bicyclic) bond motifs is 1. The highest BCUT2D eigenvalue weighted by molar-refractivity contribution is 5.68. The third kappa shape index (κ3) is 3.21. The summed E-state index contributed by atoms with van der Waals surface area (Å²) in [6.45, 7) is 6.15. The molecule has 1 atom stereocenters. The lowest BCUT2D eigenvalue weighted by Gasteiger charge is -2.27. The number of nitrogens with zero attached hydrogens (tertiary/aromatic N) is 2. The maximum atomic E-state index is 11.8. The van der Waals surface area contributed by atoms with Crippen LogP contribution in [0.15, 0.2) is 24.3 Å². The molecule has 1 aromatic carbocycles. The summed E-state index contributed by atoms with van der Waals surface area (Å²) in [5.74, 6) is 0. The normalized spacial score (nSPS) is 22.7. The van der Waals surface area contributed by atoms with E-state index < -0.39 is 0 Å². The summed E-state index contributed by atoms with van der Waals surface area (Å²) in [6.07, 6.45) is 3.14. The van der Waals surface area contributed by atoms with Gasteiger partial charge in [0.2, 0.25) is 0 Å². The summed E-state index contributed by atoms with van der Waals surface area (Å²) in [5, 5.41) is 0. The van der Waals surface area contributed by atoms with Crippen LogP contribution in [0.25, 0.3) is 0 Å². The zero-order valence-corrected chi connectivity index (χ0v) is 12.8. The molecule has 1 saturated heterocycles. The molecule has 0 bridgehead atoms. The van der Waals surface area contributed by atoms with Gasteiger partial charge in [0.05, 0.1) is 6.61 Å². The summed E-state index contributed by atoms with van der Waals surface area (Å²) in [4.78, 5) is 16.2. The SMILES string of the molecule is CCOC(=O)N1CCC(N2CCc3ccccc3CC2)C1. The van der Waals surface area contributed by atoms with Crippen molar-refractivity contribution < 1.29 is 9.53 Å². The zero-order valence-electron chi connectivity index (χ0n) is 12.8. The maximum absolute atomic E-state index is 11.8. The number of likely N-dealkylation sites (tertiary alicyclic amines) is 1. The first kappa shape index (κ1) is 14.4. The van der Waals surface area contributed by atoms with E-state index in [0.29, 0.717) is 12.6 Å². The van der Waals surface area contributed by atoms with Gasteiger partial charge in [-0.2, -0.15) is 0 Å². The van der Waals surface area contributed by atoms with Crippen molar-refractivity contribution in [3.63, 3.8) is 0 Å². The van der Waals surface area contributed by atoms with Crippen molar-refractivity contribution in [3.8, 4) is 0 Å². The third-order valence-electron chi connectivity index (χ3n) is 4.66. The smallest absolute Gasteiger partial charge is 0.409 e. The molecule has 0 radical (unpaired) electrons. The molecular weight excluding hydrogens is 264 g/mol. The highest BCUT2D eigenvalue weighted by atomic mass is 16.6. The second-order valence-corrected chi connectivity index (χ2v) is 5.89. The van der Waals surface area contributed by atoms with Gasteiger partial charge in [0.1, 0.15) is 0 Å². The Balaban J connectivity index is 1.58. The Kier molecular flexibility index (Phi) is 4.44. The molecule has 0 N–H and O–H groups in total. The largest absolute Gasteiger partial charge is 0.450 e. The Morgan fingerprint density at radius 1 is 1.19 bits per heavy atom. The molecule has 1 fully saturated rings. The molecule has 1 unspecified atom stereocenters. The minimum Gasteiger partial charge on any atom is -0.450 e. The monoisotopic (exact) mass is 288 g/mol. The number of ether oxygens (including phenoxy) is 1. The van der Waals surface area contributed by atoms with Crippen molar-refractivity contribution in [2.45, 2.75) is 32.2 Å². The van der Waals surface area contributed by atoms with Crippen molar-refractivity contribution in [3.05, 3.63) is 35.4 Å². The standard InChI is InChI=1S/C17H24N2O2/c1-2-21-17(20)19-12-9-16(13-19)18-10-7-14-5-3-4-6-15(14)8-11-18/h3-6,16H,2,7-13H2,1H3. The second-order valence-electron chi connectivity index (χ2n) is 5.89. The maximum Gasteiger partial charge on any atom is 0.409 e. The van der Waals surface area contributed by atoms with Gasteiger partial charge in [-0.1, -0.05) is 24.3 Å². The van der Waals surface area contributed by atoms with Crippen molar-refractivity contribution in [2.24, 2.45) is 0 Å². The van der Waals surface area contributed by atoms with Crippen molar-refractivity contribution in [1.82, 2.24) is 9.80 Å². The van der Waals surface area contributed by atoms with E-state index in [4.69, 9.17) is 4.74 Å². The van der Waals surface area contributed by atoms with Gasteiger partial charge in [0, 0.05) is 32.2 Å². The fraction of sp³-hybridized carbons (Fsp3) is 0.588. The number of amides is 1. The van der Waals surface area contributed by atoms with E-state index in [2.05, 4.69) is 29.2 Å². The molecule has 114 valence electrons. The van der Waals surface area contributed by atoms with E-state index in [1.54, 1.807) is 0 Å². The fourth-order valence-corrected chi connectivity index (χ4v) is 3.47. The van der Waals surface area contributed by atoms with E-state index in [9.17, 15) is 4.79 Å². The van der Waals surface area contributed by atoms with Gasteiger partial charge >= 0.3 is 6.09 Å². The number of carbonyl (C=O) groups is 1. The van der Waals surface area contributed by atoms with Crippen molar-refractivity contribution in [1.29, 1.82) is 0 Å². The molecular formula is C17H24N2O2. The average molecular weight is 288 g/mol. The van der Waals surface area contributed by atoms with Crippen molar-refractivity contribution in [2.75, 3.05) is 32.8 Å². The highest BCUT2D eigenvalue weighted by Crippen LogP contribution is 2.21. The van der Waals surface area contributed by atoms with Crippen LogP contribution in [-0.4, -0.2) is 54.7 Å². The molecule has 21 heavy (non-hydrogen) atoms. The summed E-state index contributed by atoms with van der Waals surface area (Å²) in [6, 6.07) is 9.25. The van der Waals surface area contributed by atoms with E-state index in [0.717, 1.165) is 45.4 Å². The Bertz CT molecular complexity index is 476. The van der Waals surface area contributed by atoms with E-state index >= 15 is 0 Å². The second kappa shape index (κ2) is 6.48. The topological polar surface area (TPSA) is 32.8 Å². The van der Waals surface area contributed by atoms with Crippen molar-refractivity contribution >= 4 is 6.09 Å². The average Bonchev–Trinajstić information content (AvgIpc) is 2.89. The first-order chi connectivity index (χ1) is 10.3. The molecule has 0 aromatic heterocycles. The highest BCUT2D eigenvalue weighted by Gasteiger charge is 2.31. The minimum absolute atomic E-state index is 0.155.